The van der Waals surface area contributed by atoms with Crippen molar-refractivity contribution >= 4 is 30.0 Å². The molecule has 1 aromatic rings. The van der Waals surface area contributed by atoms with Crippen LogP contribution >= 0.6 is 0 Å². The van der Waals surface area contributed by atoms with Crippen LogP contribution in [0.15, 0.2) is 48.2 Å². The first-order chi connectivity index (χ1) is 13.4. The summed E-state index contributed by atoms with van der Waals surface area (Å²) in [7, 11) is -1.42. The Morgan fingerprint density at radius 2 is 1.32 bits per heavy atom. The summed E-state index contributed by atoms with van der Waals surface area (Å²) in [4.78, 5) is 0. The second-order valence-corrected chi connectivity index (χ2v) is 27.7. The number of allylic oxidation sites excluding steroid dienone is 2. The molecule has 0 saturated carbocycles. The van der Waals surface area contributed by atoms with Gasteiger partial charge in [0.15, 0.2) is 0 Å². The zero-order valence-electron chi connectivity index (χ0n) is 19.7. The van der Waals surface area contributed by atoms with E-state index in [2.05, 4.69) is 83.4 Å². The Morgan fingerprint density at radius 3 is 1.68 bits per heavy atom. The van der Waals surface area contributed by atoms with Gasteiger partial charge in [-0.3, -0.25) is 0 Å². The Bertz CT molecular complexity index is 573. The zero-order valence-corrected chi connectivity index (χ0v) is 23.6. The summed E-state index contributed by atoms with van der Waals surface area (Å²) in [5.41, 5.74) is 1.57. The average Bonchev–Trinajstić information content (AvgIpc) is 2.68. The molecule has 0 radical (unpaired) electrons. The molecule has 158 valence electrons. The van der Waals surface area contributed by atoms with Crippen molar-refractivity contribution in [2.24, 2.45) is 0 Å². The molecule has 0 atom stereocenters. The van der Waals surface area contributed by atoms with Crippen LogP contribution in [0.25, 0.3) is 3.59 Å². The van der Waals surface area contributed by atoms with Crippen molar-refractivity contribution in [1.82, 2.24) is 0 Å². The second kappa shape index (κ2) is 13.1. The molecule has 0 heterocycles. The van der Waals surface area contributed by atoms with Crippen LogP contribution in [-0.4, -0.2) is 26.5 Å². The summed E-state index contributed by atoms with van der Waals surface area (Å²) >= 11 is -2.54. The van der Waals surface area contributed by atoms with Crippen LogP contribution < -0.4 is 0 Å². The van der Waals surface area contributed by atoms with Crippen LogP contribution in [0.2, 0.25) is 33.0 Å². The van der Waals surface area contributed by atoms with E-state index in [9.17, 15) is 0 Å². The Morgan fingerprint density at radius 1 is 0.857 bits per heavy atom. The van der Waals surface area contributed by atoms with Gasteiger partial charge in [0, 0.05) is 0 Å². The van der Waals surface area contributed by atoms with Gasteiger partial charge in [0.05, 0.1) is 0 Å². The zero-order chi connectivity index (χ0) is 21.0. The third-order valence-electron chi connectivity index (χ3n) is 6.18. The molecule has 2 heteroatoms. The normalized spacial score (nSPS) is 13.4. The molecule has 0 fully saturated rings. The summed E-state index contributed by atoms with van der Waals surface area (Å²) in [5, 5.41) is 1.83. The first kappa shape index (κ1) is 25.8. The average molecular weight is 505 g/mol. The van der Waals surface area contributed by atoms with E-state index in [4.69, 9.17) is 0 Å². The molecule has 0 saturated heterocycles. The monoisotopic (exact) mass is 506 g/mol. The van der Waals surface area contributed by atoms with E-state index in [1.807, 2.05) is 8.79 Å². The van der Waals surface area contributed by atoms with E-state index in [0.29, 0.717) is 0 Å². The van der Waals surface area contributed by atoms with Gasteiger partial charge in [-0.1, -0.05) is 0 Å². The standard InChI is InChI=1S/C14H19Si.3C4H9.Sn/c1-5-9-14(15(2,3)4)12-13-10-7-6-8-11-13;3*1-3-4-2;/h5-8,10-11H,1,9H2,2-4H3;3*1,3-4H2,2H3;. The van der Waals surface area contributed by atoms with Crippen LogP contribution in [0.4, 0.5) is 0 Å². The van der Waals surface area contributed by atoms with Crippen LogP contribution in [0.1, 0.15) is 71.3 Å². The molecule has 1 rings (SSSR count). The van der Waals surface area contributed by atoms with E-state index in [1.165, 1.54) is 38.5 Å². The topological polar surface area (TPSA) is 0 Å². The fourth-order valence-corrected chi connectivity index (χ4v) is 28.7. The van der Waals surface area contributed by atoms with E-state index in [-0.39, 0.29) is 0 Å². The molecule has 0 aliphatic carbocycles. The molecule has 0 bridgehead atoms. The molecule has 0 nitrogen and oxygen atoms in total. The first-order valence-electron chi connectivity index (χ1n) is 11.8. The van der Waals surface area contributed by atoms with Gasteiger partial charge in [-0.05, 0) is 0 Å². The third-order valence-corrected chi connectivity index (χ3v) is 25.1. The molecule has 0 aliphatic rings. The van der Waals surface area contributed by atoms with Gasteiger partial charge < -0.3 is 0 Å². The summed E-state index contributed by atoms with van der Waals surface area (Å²) in [5.74, 6) is 0. The predicted octanol–water partition coefficient (Wildman–Crippen LogP) is 9.28. The third kappa shape index (κ3) is 7.52. The summed E-state index contributed by atoms with van der Waals surface area (Å²) in [6.07, 6.45) is 11.6. The Balaban J connectivity index is 3.79. The van der Waals surface area contributed by atoms with E-state index >= 15 is 0 Å². The molecule has 0 amide bonds. The summed E-state index contributed by atoms with van der Waals surface area (Å²) in [6, 6.07) is 11.6. The van der Waals surface area contributed by atoms with E-state index < -0.39 is 26.5 Å². The van der Waals surface area contributed by atoms with Crippen molar-refractivity contribution in [3.8, 4) is 0 Å². The summed E-state index contributed by atoms with van der Waals surface area (Å²) < 4.78 is 6.55. The van der Waals surface area contributed by atoms with E-state index in [1.54, 1.807) is 18.9 Å². The molecule has 1 aromatic carbocycles. The number of hydrogen-bond acceptors (Lipinski definition) is 0. The van der Waals surface area contributed by atoms with Gasteiger partial charge in [0.2, 0.25) is 0 Å². The van der Waals surface area contributed by atoms with Crippen molar-refractivity contribution in [1.29, 1.82) is 0 Å². The molecule has 28 heavy (non-hydrogen) atoms. The molecule has 0 spiro atoms. The molecular weight excluding hydrogens is 459 g/mol. The Hall–Kier alpha value is -0.284. The van der Waals surface area contributed by atoms with Gasteiger partial charge in [-0.15, -0.1) is 0 Å². The Labute approximate surface area is 181 Å². The van der Waals surface area contributed by atoms with Gasteiger partial charge in [-0.2, -0.15) is 0 Å². The predicted molar refractivity (Wildman–Crippen MR) is 136 cm³/mol. The number of hydrogen-bond donors (Lipinski definition) is 0. The van der Waals surface area contributed by atoms with Gasteiger partial charge in [0.1, 0.15) is 0 Å². The quantitative estimate of drug-likeness (QED) is 0.175. The van der Waals surface area contributed by atoms with Gasteiger partial charge >= 0.3 is 182 Å². The van der Waals surface area contributed by atoms with Crippen molar-refractivity contribution in [3.63, 3.8) is 0 Å². The number of rotatable bonds is 14. The molecule has 0 N–H and O–H groups in total. The minimum atomic E-state index is -2.54. The van der Waals surface area contributed by atoms with Gasteiger partial charge in [-0.25, -0.2) is 0 Å². The maximum atomic E-state index is 4.17. The van der Waals surface area contributed by atoms with Crippen molar-refractivity contribution in [2.45, 2.75) is 98.7 Å². The van der Waals surface area contributed by atoms with Crippen molar-refractivity contribution in [3.05, 3.63) is 53.7 Å². The summed E-state index contributed by atoms with van der Waals surface area (Å²) in [6.45, 7) is 19.0. The van der Waals surface area contributed by atoms with Gasteiger partial charge in [0.25, 0.3) is 0 Å². The Kier molecular flexibility index (Phi) is 12.1. The number of benzene rings is 1. The molecule has 0 aromatic heterocycles. The maximum absolute atomic E-state index is 4.17. The SMILES string of the molecule is C=CC/C(=[C](/c1ccccc1)[Sn]([CH2]CCC)([CH2]CCC)[CH2]CCC)[Si](C)(C)C. The molecular formula is C26H46SiSn. The minimum absolute atomic E-state index is 1.10. The second-order valence-electron chi connectivity index (χ2n) is 9.55. The number of unbranched alkanes of at least 4 members (excludes halogenated alkanes) is 3. The molecule has 0 aliphatic heterocycles. The van der Waals surface area contributed by atoms with Crippen LogP contribution in [0, 0.1) is 0 Å². The van der Waals surface area contributed by atoms with E-state index in [0.717, 1.165) is 6.42 Å². The van der Waals surface area contributed by atoms with Crippen LogP contribution in [-0.2, 0) is 0 Å². The molecule has 0 unspecified atom stereocenters. The first-order valence-corrected chi connectivity index (χ1v) is 22.7. The van der Waals surface area contributed by atoms with Crippen molar-refractivity contribution < 1.29 is 0 Å². The van der Waals surface area contributed by atoms with Crippen molar-refractivity contribution in [2.75, 3.05) is 0 Å². The van der Waals surface area contributed by atoms with Crippen LogP contribution in [0.5, 0.6) is 0 Å². The van der Waals surface area contributed by atoms with Crippen LogP contribution in [0.3, 0.4) is 0 Å². The fraction of sp³-hybridized carbons (Fsp3) is 0.615. The fourth-order valence-electron chi connectivity index (χ4n) is 4.63.